The molecule has 1 heterocycles. The molecule has 5 heteroatoms. The molecule has 1 aromatic carbocycles. The molecule has 0 saturated heterocycles. The Balaban J connectivity index is 2.24. The number of β-amino-alcohol motifs (C(OH)–C–C–N with tert-alkyl or cyclic N) is 1. The first-order valence-corrected chi connectivity index (χ1v) is 7.30. The van der Waals surface area contributed by atoms with Crippen molar-refractivity contribution in [2.75, 3.05) is 11.9 Å². The summed E-state index contributed by atoms with van der Waals surface area (Å²) >= 11 is 0. The average molecular weight is 294 g/mol. The second kappa shape index (κ2) is 5.48. The minimum Gasteiger partial charge on any atom is -0.481 e. The number of hydrogen-bond donors (Lipinski definition) is 4. The minimum absolute atomic E-state index is 0.0651. The van der Waals surface area contributed by atoms with Crippen LogP contribution in [-0.2, 0) is 0 Å². The molecule has 2 rings (SSSR count). The fourth-order valence-corrected chi connectivity index (χ4v) is 2.20. The van der Waals surface area contributed by atoms with Crippen molar-refractivity contribution in [1.82, 2.24) is 5.32 Å². The first-order chi connectivity index (χ1) is 9.60. The van der Waals surface area contributed by atoms with E-state index in [-0.39, 0.29) is 5.54 Å². The smallest absolute Gasteiger partial charge is 0.164 e. The van der Waals surface area contributed by atoms with Gasteiger partial charge in [0.25, 0.3) is 0 Å². The number of rotatable bonds is 3. The molecule has 0 saturated carbocycles. The molecular weight excluding hydrogens is 268 g/mol. The van der Waals surface area contributed by atoms with Crippen LogP contribution in [0.25, 0.3) is 0 Å². The number of nitrogens with one attached hydrogen (secondary N) is 2. The van der Waals surface area contributed by atoms with Crippen LogP contribution in [0.3, 0.4) is 0 Å². The molecule has 1 aliphatic rings. The molecule has 0 bridgehead atoms. The fourth-order valence-electron chi connectivity index (χ4n) is 2.20. The molecule has 1 aliphatic heterocycles. The zero-order valence-corrected chi connectivity index (χ0v) is 13.4. The van der Waals surface area contributed by atoms with Gasteiger partial charge in [0.15, 0.2) is 6.23 Å². The molecule has 1 unspecified atom stereocenters. The Morgan fingerprint density at radius 2 is 2.05 bits per heavy atom. The SMILES string of the molecule is CC(C)(C)NC[C@H](O)c1cccc2c1OC(C)(C)C(O)N2. The zero-order chi connectivity index (χ0) is 15.8. The molecule has 1 aromatic rings. The normalized spacial score (nSPS) is 22.0. The van der Waals surface area contributed by atoms with Crippen molar-refractivity contribution in [1.29, 1.82) is 0 Å². The van der Waals surface area contributed by atoms with Gasteiger partial charge in [0.2, 0.25) is 0 Å². The Bertz CT molecular complexity index is 509. The number of aliphatic hydroxyl groups is 2. The van der Waals surface area contributed by atoms with Crippen molar-refractivity contribution < 1.29 is 14.9 Å². The summed E-state index contributed by atoms with van der Waals surface area (Å²) in [7, 11) is 0. The van der Waals surface area contributed by atoms with Crippen molar-refractivity contribution in [2.24, 2.45) is 0 Å². The highest BCUT2D eigenvalue weighted by Gasteiger charge is 2.37. The lowest BCUT2D eigenvalue weighted by molar-refractivity contribution is -0.0231. The largest absolute Gasteiger partial charge is 0.481 e. The van der Waals surface area contributed by atoms with Gasteiger partial charge in [-0.05, 0) is 40.7 Å². The van der Waals surface area contributed by atoms with Crippen LogP contribution in [0.1, 0.15) is 46.3 Å². The van der Waals surface area contributed by atoms with E-state index >= 15 is 0 Å². The molecule has 0 aromatic heterocycles. The summed E-state index contributed by atoms with van der Waals surface area (Å²) in [6.45, 7) is 10.2. The third-order valence-corrected chi connectivity index (χ3v) is 3.55. The van der Waals surface area contributed by atoms with Gasteiger partial charge in [0.05, 0.1) is 11.8 Å². The van der Waals surface area contributed by atoms with Crippen LogP contribution in [0.5, 0.6) is 5.75 Å². The second-order valence-corrected chi connectivity index (χ2v) is 7.12. The van der Waals surface area contributed by atoms with Crippen molar-refractivity contribution in [2.45, 2.75) is 58.1 Å². The Kier molecular flexibility index (Phi) is 4.19. The summed E-state index contributed by atoms with van der Waals surface area (Å²) in [6, 6.07) is 5.53. The summed E-state index contributed by atoms with van der Waals surface area (Å²) in [5, 5.41) is 26.8. The van der Waals surface area contributed by atoms with Gasteiger partial charge >= 0.3 is 0 Å². The lowest BCUT2D eigenvalue weighted by Gasteiger charge is -2.39. The molecule has 0 aliphatic carbocycles. The van der Waals surface area contributed by atoms with Crippen LogP contribution in [0, 0.1) is 0 Å². The van der Waals surface area contributed by atoms with E-state index in [1.807, 2.05) is 32.0 Å². The number of para-hydroxylation sites is 1. The summed E-state index contributed by atoms with van der Waals surface area (Å²) in [6.07, 6.45) is -1.46. The molecule has 5 nitrogen and oxygen atoms in total. The van der Waals surface area contributed by atoms with E-state index in [2.05, 4.69) is 31.4 Å². The Hall–Kier alpha value is -1.30. The van der Waals surface area contributed by atoms with E-state index in [0.717, 1.165) is 5.56 Å². The lowest BCUT2D eigenvalue weighted by atomic mass is 10.00. The summed E-state index contributed by atoms with van der Waals surface area (Å²) in [4.78, 5) is 0. The Morgan fingerprint density at radius 3 is 2.67 bits per heavy atom. The average Bonchev–Trinajstić information content (AvgIpc) is 2.35. The monoisotopic (exact) mass is 294 g/mol. The molecule has 4 N–H and O–H groups in total. The number of aliphatic hydroxyl groups excluding tert-OH is 2. The first-order valence-electron chi connectivity index (χ1n) is 7.30. The molecule has 21 heavy (non-hydrogen) atoms. The van der Waals surface area contributed by atoms with Crippen molar-refractivity contribution in [3.8, 4) is 5.75 Å². The summed E-state index contributed by atoms with van der Waals surface area (Å²) < 4.78 is 5.92. The van der Waals surface area contributed by atoms with Crippen LogP contribution in [0.2, 0.25) is 0 Å². The number of ether oxygens (including phenoxy) is 1. The van der Waals surface area contributed by atoms with Crippen LogP contribution >= 0.6 is 0 Å². The highest BCUT2D eigenvalue weighted by Crippen LogP contribution is 2.40. The zero-order valence-electron chi connectivity index (χ0n) is 13.4. The van der Waals surface area contributed by atoms with E-state index in [1.165, 1.54) is 0 Å². The predicted molar refractivity (Wildman–Crippen MR) is 83.5 cm³/mol. The molecular formula is C16H26N2O3. The lowest BCUT2D eigenvalue weighted by Crippen LogP contribution is -2.49. The number of anilines is 1. The van der Waals surface area contributed by atoms with Gasteiger partial charge in [-0.1, -0.05) is 12.1 Å². The summed E-state index contributed by atoms with van der Waals surface area (Å²) in [5.74, 6) is 0.607. The van der Waals surface area contributed by atoms with Gasteiger partial charge in [0.1, 0.15) is 11.4 Å². The standard InChI is InChI=1S/C16H26N2O3/c1-15(2,3)17-9-12(19)10-7-6-8-11-13(10)21-16(4,5)14(20)18-11/h6-8,12,14,17-20H,9H2,1-5H3/t12-,14?/m0/s1. The Labute approximate surface area is 126 Å². The predicted octanol–water partition coefficient (Wildman–Crippen LogP) is 2.01. The fraction of sp³-hybridized carbons (Fsp3) is 0.625. The molecule has 0 spiro atoms. The van der Waals surface area contributed by atoms with Gasteiger partial charge in [-0.3, -0.25) is 0 Å². The Morgan fingerprint density at radius 1 is 1.38 bits per heavy atom. The van der Waals surface area contributed by atoms with E-state index in [1.54, 1.807) is 0 Å². The van der Waals surface area contributed by atoms with Crippen molar-refractivity contribution in [3.63, 3.8) is 0 Å². The topological polar surface area (TPSA) is 73.8 Å². The molecule has 0 amide bonds. The molecule has 0 fully saturated rings. The van der Waals surface area contributed by atoms with Gasteiger partial charge in [0, 0.05) is 17.6 Å². The highest BCUT2D eigenvalue weighted by atomic mass is 16.5. The third kappa shape index (κ3) is 3.67. The van der Waals surface area contributed by atoms with E-state index in [0.29, 0.717) is 18.0 Å². The maximum absolute atomic E-state index is 10.4. The van der Waals surface area contributed by atoms with E-state index < -0.39 is 17.9 Å². The third-order valence-electron chi connectivity index (χ3n) is 3.55. The van der Waals surface area contributed by atoms with Crippen molar-refractivity contribution in [3.05, 3.63) is 23.8 Å². The van der Waals surface area contributed by atoms with Gasteiger partial charge < -0.3 is 25.6 Å². The maximum atomic E-state index is 10.4. The quantitative estimate of drug-likeness (QED) is 0.686. The van der Waals surface area contributed by atoms with E-state index in [9.17, 15) is 10.2 Å². The first kappa shape index (κ1) is 16.1. The van der Waals surface area contributed by atoms with Gasteiger partial charge in [-0.15, -0.1) is 0 Å². The van der Waals surface area contributed by atoms with Crippen LogP contribution in [0.15, 0.2) is 18.2 Å². The highest BCUT2D eigenvalue weighted by molar-refractivity contribution is 5.63. The van der Waals surface area contributed by atoms with Crippen LogP contribution in [-0.4, -0.2) is 34.1 Å². The van der Waals surface area contributed by atoms with Crippen LogP contribution < -0.4 is 15.4 Å². The van der Waals surface area contributed by atoms with Crippen LogP contribution in [0.4, 0.5) is 5.69 Å². The number of hydrogen-bond acceptors (Lipinski definition) is 5. The summed E-state index contributed by atoms with van der Waals surface area (Å²) in [5.41, 5.74) is 0.607. The number of fused-ring (bicyclic) bond motifs is 1. The van der Waals surface area contributed by atoms with Crippen molar-refractivity contribution >= 4 is 5.69 Å². The molecule has 118 valence electrons. The maximum Gasteiger partial charge on any atom is 0.164 e. The molecule has 0 radical (unpaired) electrons. The molecule has 2 atom stereocenters. The van der Waals surface area contributed by atoms with Gasteiger partial charge in [-0.25, -0.2) is 0 Å². The number of benzene rings is 1. The minimum atomic E-state index is -0.787. The van der Waals surface area contributed by atoms with E-state index in [4.69, 9.17) is 4.74 Å². The second-order valence-electron chi connectivity index (χ2n) is 7.12. The van der Waals surface area contributed by atoms with Gasteiger partial charge in [-0.2, -0.15) is 0 Å².